The Morgan fingerprint density at radius 1 is 1.50 bits per heavy atom. The van der Waals surface area contributed by atoms with Crippen LogP contribution in [0.5, 0.6) is 0 Å². The average molecular weight is 220 g/mol. The Hall–Kier alpha value is -1.06. The molecular weight excluding hydrogens is 200 g/mol. The third-order valence-corrected chi connectivity index (χ3v) is 3.23. The van der Waals surface area contributed by atoms with Gasteiger partial charge in [-0.05, 0) is 30.5 Å². The number of nitrogens with zero attached hydrogens (tertiary/aromatic N) is 1. The molecule has 0 aliphatic carbocycles. The van der Waals surface area contributed by atoms with Gasteiger partial charge in [-0.3, -0.25) is 0 Å². The molecular formula is C13H20N2O. The quantitative estimate of drug-likeness (QED) is 0.782. The number of anilines is 1. The minimum absolute atomic E-state index is 0.431. The predicted molar refractivity (Wildman–Crippen MR) is 66.4 cm³/mol. The number of nitrogen functional groups attached to an aromatic ring is 1. The van der Waals surface area contributed by atoms with Crippen molar-refractivity contribution < 1.29 is 4.74 Å². The van der Waals surface area contributed by atoms with Crippen LogP contribution >= 0.6 is 0 Å². The molecule has 1 saturated heterocycles. The third kappa shape index (κ3) is 2.97. The highest BCUT2D eigenvalue weighted by Crippen LogP contribution is 2.13. The maximum Gasteiger partial charge on any atom is 0.0710 e. The van der Waals surface area contributed by atoms with E-state index in [-0.39, 0.29) is 0 Å². The normalized spacial score (nSPS) is 21.4. The van der Waals surface area contributed by atoms with Crippen molar-refractivity contribution in [1.82, 2.24) is 4.90 Å². The molecule has 0 amide bonds. The van der Waals surface area contributed by atoms with Gasteiger partial charge in [0.2, 0.25) is 0 Å². The van der Waals surface area contributed by atoms with E-state index in [1.807, 2.05) is 12.1 Å². The molecule has 2 rings (SSSR count). The van der Waals surface area contributed by atoms with E-state index in [1.54, 1.807) is 7.11 Å². The van der Waals surface area contributed by atoms with Crippen LogP contribution in [-0.2, 0) is 11.2 Å². The maximum absolute atomic E-state index is 5.75. The fraction of sp³-hybridized carbons (Fsp3) is 0.538. The molecule has 1 unspecified atom stereocenters. The summed E-state index contributed by atoms with van der Waals surface area (Å²) in [6.07, 6.45) is 2.66. The number of benzene rings is 1. The first-order chi connectivity index (χ1) is 7.78. The van der Waals surface area contributed by atoms with E-state index < -0.39 is 0 Å². The summed E-state index contributed by atoms with van der Waals surface area (Å²) in [6.45, 7) is 3.32. The van der Waals surface area contributed by atoms with E-state index in [2.05, 4.69) is 17.0 Å². The second-order valence-corrected chi connectivity index (χ2v) is 4.44. The molecule has 0 radical (unpaired) electrons. The molecule has 2 N–H and O–H groups in total. The van der Waals surface area contributed by atoms with Gasteiger partial charge in [0.1, 0.15) is 0 Å². The van der Waals surface area contributed by atoms with Crippen molar-refractivity contribution in [2.24, 2.45) is 0 Å². The lowest BCUT2D eigenvalue weighted by Crippen LogP contribution is -2.25. The van der Waals surface area contributed by atoms with Crippen LogP contribution in [0.1, 0.15) is 12.0 Å². The van der Waals surface area contributed by atoms with E-state index in [1.165, 1.54) is 5.56 Å². The molecule has 0 aromatic heterocycles. The second-order valence-electron chi connectivity index (χ2n) is 4.44. The summed E-state index contributed by atoms with van der Waals surface area (Å²) in [5.74, 6) is 0. The van der Waals surface area contributed by atoms with Crippen molar-refractivity contribution in [3.8, 4) is 0 Å². The van der Waals surface area contributed by atoms with Crippen molar-refractivity contribution in [1.29, 1.82) is 0 Å². The largest absolute Gasteiger partial charge is 0.399 e. The van der Waals surface area contributed by atoms with Crippen LogP contribution in [0, 0.1) is 0 Å². The number of hydrogen-bond donors (Lipinski definition) is 1. The fourth-order valence-corrected chi connectivity index (χ4v) is 2.23. The summed E-state index contributed by atoms with van der Waals surface area (Å²) in [4.78, 5) is 2.46. The molecule has 16 heavy (non-hydrogen) atoms. The molecule has 0 spiro atoms. The average Bonchev–Trinajstić information content (AvgIpc) is 2.74. The topological polar surface area (TPSA) is 38.5 Å². The summed E-state index contributed by atoms with van der Waals surface area (Å²) in [7, 11) is 1.80. The minimum Gasteiger partial charge on any atom is -0.399 e. The summed E-state index contributed by atoms with van der Waals surface area (Å²) < 4.78 is 5.35. The van der Waals surface area contributed by atoms with Crippen LogP contribution in [-0.4, -0.2) is 37.7 Å². The number of nitrogens with two attached hydrogens (primary N) is 1. The highest BCUT2D eigenvalue weighted by molar-refractivity contribution is 5.40. The minimum atomic E-state index is 0.431. The highest BCUT2D eigenvalue weighted by atomic mass is 16.5. The van der Waals surface area contributed by atoms with E-state index in [9.17, 15) is 0 Å². The van der Waals surface area contributed by atoms with E-state index in [0.29, 0.717) is 6.10 Å². The van der Waals surface area contributed by atoms with Crippen LogP contribution < -0.4 is 5.73 Å². The summed E-state index contributed by atoms with van der Waals surface area (Å²) >= 11 is 0. The Morgan fingerprint density at radius 2 is 2.38 bits per heavy atom. The Labute approximate surface area is 97.2 Å². The molecule has 0 saturated carbocycles. The fourth-order valence-electron chi connectivity index (χ4n) is 2.23. The molecule has 1 atom stereocenters. The molecule has 3 heteroatoms. The van der Waals surface area contributed by atoms with E-state index in [4.69, 9.17) is 10.5 Å². The molecule has 1 aromatic carbocycles. The lowest BCUT2D eigenvalue weighted by Gasteiger charge is -2.15. The first-order valence-corrected chi connectivity index (χ1v) is 5.87. The molecule has 3 nitrogen and oxygen atoms in total. The Balaban J connectivity index is 1.80. The molecule has 1 heterocycles. The Morgan fingerprint density at radius 3 is 3.06 bits per heavy atom. The summed E-state index contributed by atoms with van der Waals surface area (Å²) in [5.41, 5.74) is 7.93. The number of rotatable bonds is 4. The van der Waals surface area contributed by atoms with Gasteiger partial charge >= 0.3 is 0 Å². The zero-order valence-electron chi connectivity index (χ0n) is 9.86. The number of hydrogen-bond acceptors (Lipinski definition) is 3. The van der Waals surface area contributed by atoms with Gasteiger partial charge in [0.05, 0.1) is 6.10 Å². The standard InChI is InChI=1S/C13H20N2O/c1-16-13-6-8-15(10-13)7-5-11-3-2-4-12(14)9-11/h2-4,9,13H,5-8,10,14H2,1H3. The van der Waals surface area contributed by atoms with Gasteiger partial charge in [0.25, 0.3) is 0 Å². The van der Waals surface area contributed by atoms with Crippen molar-refractivity contribution in [3.63, 3.8) is 0 Å². The molecule has 1 fully saturated rings. The van der Waals surface area contributed by atoms with Gasteiger partial charge in [-0.15, -0.1) is 0 Å². The van der Waals surface area contributed by atoms with E-state index in [0.717, 1.165) is 38.2 Å². The van der Waals surface area contributed by atoms with Gasteiger partial charge in [0, 0.05) is 32.4 Å². The van der Waals surface area contributed by atoms with Gasteiger partial charge < -0.3 is 15.4 Å². The smallest absolute Gasteiger partial charge is 0.0710 e. The lowest BCUT2D eigenvalue weighted by atomic mass is 10.1. The highest BCUT2D eigenvalue weighted by Gasteiger charge is 2.21. The van der Waals surface area contributed by atoms with Crippen LogP contribution in [0.4, 0.5) is 5.69 Å². The van der Waals surface area contributed by atoms with Crippen LogP contribution in [0.2, 0.25) is 0 Å². The van der Waals surface area contributed by atoms with Crippen molar-refractivity contribution in [3.05, 3.63) is 29.8 Å². The van der Waals surface area contributed by atoms with E-state index >= 15 is 0 Å². The van der Waals surface area contributed by atoms with Gasteiger partial charge in [-0.2, -0.15) is 0 Å². The zero-order valence-corrected chi connectivity index (χ0v) is 9.86. The van der Waals surface area contributed by atoms with Crippen molar-refractivity contribution in [2.75, 3.05) is 32.5 Å². The number of likely N-dealkylation sites (tertiary alicyclic amines) is 1. The van der Waals surface area contributed by atoms with Gasteiger partial charge in [-0.1, -0.05) is 12.1 Å². The molecule has 1 aromatic rings. The Bertz CT molecular complexity index is 340. The van der Waals surface area contributed by atoms with Gasteiger partial charge in [0.15, 0.2) is 0 Å². The van der Waals surface area contributed by atoms with Crippen LogP contribution in [0.3, 0.4) is 0 Å². The number of ether oxygens (including phenoxy) is 1. The molecule has 0 bridgehead atoms. The third-order valence-electron chi connectivity index (χ3n) is 3.23. The maximum atomic E-state index is 5.75. The summed E-state index contributed by atoms with van der Waals surface area (Å²) in [5, 5.41) is 0. The zero-order chi connectivity index (χ0) is 11.4. The van der Waals surface area contributed by atoms with Crippen LogP contribution in [0.25, 0.3) is 0 Å². The Kier molecular flexibility index (Phi) is 3.80. The van der Waals surface area contributed by atoms with Gasteiger partial charge in [-0.25, -0.2) is 0 Å². The monoisotopic (exact) mass is 220 g/mol. The molecule has 1 aliphatic heterocycles. The molecule has 1 aliphatic rings. The SMILES string of the molecule is COC1CCN(CCc2cccc(N)c2)C1. The second kappa shape index (κ2) is 5.32. The van der Waals surface area contributed by atoms with Crippen LogP contribution in [0.15, 0.2) is 24.3 Å². The lowest BCUT2D eigenvalue weighted by molar-refractivity contribution is 0.108. The van der Waals surface area contributed by atoms with Crippen molar-refractivity contribution >= 4 is 5.69 Å². The first kappa shape index (κ1) is 11.4. The molecule has 88 valence electrons. The predicted octanol–water partition coefficient (Wildman–Crippen LogP) is 1.53. The first-order valence-electron chi connectivity index (χ1n) is 5.87. The van der Waals surface area contributed by atoms with Crippen molar-refractivity contribution in [2.45, 2.75) is 18.9 Å². The summed E-state index contributed by atoms with van der Waals surface area (Å²) in [6, 6.07) is 8.15. The number of methoxy groups -OCH3 is 1.